The van der Waals surface area contributed by atoms with Gasteiger partial charge in [-0.1, -0.05) is 6.07 Å². The first-order valence-electron chi connectivity index (χ1n) is 8.78. The number of carbonyl (C=O) groups excluding carboxylic acids is 2. The van der Waals surface area contributed by atoms with Crippen LogP contribution in [0.5, 0.6) is 0 Å². The standard InChI is InChI=1S/C19H26F2N2O2/c1-22(2)18(24)9-10-19(25)23-11-3-4-15(13-23)6-5-14-7-8-16(20)17(21)12-14/h7-8,12,15H,3-6,9-11,13H2,1-2H3. The van der Waals surface area contributed by atoms with Crippen molar-refractivity contribution < 1.29 is 18.4 Å². The fraction of sp³-hybridized carbons (Fsp3) is 0.579. The normalized spacial score (nSPS) is 17.4. The molecule has 25 heavy (non-hydrogen) atoms. The van der Waals surface area contributed by atoms with Gasteiger partial charge in [0, 0.05) is 40.0 Å². The van der Waals surface area contributed by atoms with Crippen LogP contribution in [0, 0.1) is 17.6 Å². The van der Waals surface area contributed by atoms with Crippen LogP contribution in [0.25, 0.3) is 0 Å². The number of carbonyl (C=O) groups is 2. The number of amides is 2. The summed E-state index contributed by atoms with van der Waals surface area (Å²) >= 11 is 0. The van der Waals surface area contributed by atoms with E-state index < -0.39 is 11.6 Å². The van der Waals surface area contributed by atoms with E-state index in [-0.39, 0.29) is 24.7 Å². The Morgan fingerprint density at radius 3 is 2.64 bits per heavy atom. The molecule has 138 valence electrons. The Kier molecular flexibility index (Phi) is 6.91. The summed E-state index contributed by atoms with van der Waals surface area (Å²) in [6.07, 6.45) is 3.96. The van der Waals surface area contributed by atoms with Gasteiger partial charge in [-0.05, 0) is 49.3 Å². The second-order valence-electron chi connectivity index (χ2n) is 6.92. The Balaban J connectivity index is 1.80. The van der Waals surface area contributed by atoms with Crippen LogP contribution in [0.4, 0.5) is 8.78 Å². The minimum absolute atomic E-state index is 0.0210. The Hall–Kier alpha value is -1.98. The smallest absolute Gasteiger partial charge is 0.223 e. The van der Waals surface area contributed by atoms with E-state index in [2.05, 4.69) is 0 Å². The molecule has 1 saturated heterocycles. The predicted molar refractivity (Wildman–Crippen MR) is 91.9 cm³/mol. The molecule has 4 nitrogen and oxygen atoms in total. The van der Waals surface area contributed by atoms with Gasteiger partial charge >= 0.3 is 0 Å². The summed E-state index contributed by atoms with van der Waals surface area (Å²) in [5.74, 6) is -1.31. The second kappa shape index (κ2) is 8.92. The molecular weight excluding hydrogens is 326 g/mol. The predicted octanol–water partition coefficient (Wildman–Crippen LogP) is 3.00. The van der Waals surface area contributed by atoms with Crippen molar-refractivity contribution >= 4 is 11.8 Å². The number of aryl methyl sites for hydroxylation is 1. The average Bonchev–Trinajstić information content (AvgIpc) is 2.60. The highest BCUT2D eigenvalue weighted by atomic mass is 19.2. The molecule has 0 radical (unpaired) electrons. The lowest BCUT2D eigenvalue weighted by molar-refractivity contribution is -0.137. The number of likely N-dealkylation sites (tertiary alicyclic amines) is 1. The number of piperidine rings is 1. The number of rotatable bonds is 6. The maximum absolute atomic E-state index is 13.3. The van der Waals surface area contributed by atoms with Gasteiger partial charge in [0.2, 0.25) is 11.8 Å². The molecule has 0 aliphatic carbocycles. The van der Waals surface area contributed by atoms with Crippen molar-refractivity contribution in [2.24, 2.45) is 5.92 Å². The fourth-order valence-corrected chi connectivity index (χ4v) is 3.19. The number of halogens is 2. The summed E-state index contributed by atoms with van der Waals surface area (Å²) < 4.78 is 26.2. The molecule has 1 atom stereocenters. The number of hydrogen-bond acceptors (Lipinski definition) is 2. The fourth-order valence-electron chi connectivity index (χ4n) is 3.19. The van der Waals surface area contributed by atoms with Gasteiger partial charge in [-0.25, -0.2) is 8.78 Å². The van der Waals surface area contributed by atoms with Crippen LogP contribution in [-0.2, 0) is 16.0 Å². The second-order valence-corrected chi connectivity index (χ2v) is 6.92. The first kappa shape index (κ1) is 19.3. The lowest BCUT2D eigenvalue weighted by Crippen LogP contribution is -2.40. The lowest BCUT2D eigenvalue weighted by atomic mass is 9.91. The van der Waals surface area contributed by atoms with Gasteiger partial charge in [-0.3, -0.25) is 9.59 Å². The first-order chi connectivity index (χ1) is 11.9. The van der Waals surface area contributed by atoms with E-state index in [1.54, 1.807) is 20.2 Å². The maximum Gasteiger partial charge on any atom is 0.223 e. The molecule has 0 aromatic heterocycles. The molecule has 1 aromatic rings. The molecule has 1 fully saturated rings. The third-order valence-electron chi connectivity index (χ3n) is 4.75. The van der Waals surface area contributed by atoms with Crippen molar-refractivity contribution in [3.05, 3.63) is 35.4 Å². The Morgan fingerprint density at radius 1 is 1.20 bits per heavy atom. The Morgan fingerprint density at radius 2 is 1.96 bits per heavy atom. The zero-order valence-corrected chi connectivity index (χ0v) is 14.9. The summed E-state index contributed by atoms with van der Waals surface area (Å²) in [5.41, 5.74) is 0.777. The van der Waals surface area contributed by atoms with Gasteiger partial charge in [-0.2, -0.15) is 0 Å². The van der Waals surface area contributed by atoms with E-state index in [9.17, 15) is 18.4 Å². The van der Waals surface area contributed by atoms with Gasteiger partial charge in [0.05, 0.1) is 0 Å². The van der Waals surface area contributed by atoms with Crippen molar-refractivity contribution in [1.82, 2.24) is 9.80 Å². The highest BCUT2D eigenvalue weighted by Gasteiger charge is 2.24. The van der Waals surface area contributed by atoms with Crippen LogP contribution in [-0.4, -0.2) is 48.8 Å². The number of benzene rings is 1. The first-order valence-corrected chi connectivity index (χ1v) is 8.78. The van der Waals surface area contributed by atoms with Crippen LogP contribution < -0.4 is 0 Å². The summed E-state index contributed by atoms with van der Waals surface area (Å²) in [7, 11) is 3.37. The molecule has 1 aromatic carbocycles. The molecule has 2 rings (SSSR count). The van der Waals surface area contributed by atoms with Crippen LogP contribution in [0.2, 0.25) is 0 Å². The lowest BCUT2D eigenvalue weighted by Gasteiger charge is -2.33. The zero-order chi connectivity index (χ0) is 18.4. The van der Waals surface area contributed by atoms with Crippen LogP contribution in [0.15, 0.2) is 18.2 Å². The van der Waals surface area contributed by atoms with Crippen molar-refractivity contribution in [2.45, 2.75) is 38.5 Å². The summed E-state index contributed by atoms with van der Waals surface area (Å²) in [6, 6.07) is 4.01. The van der Waals surface area contributed by atoms with Gasteiger partial charge in [0.1, 0.15) is 0 Å². The van der Waals surface area contributed by atoms with Crippen molar-refractivity contribution in [3.63, 3.8) is 0 Å². The molecule has 1 unspecified atom stereocenters. The van der Waals surface area contributed by atoms with Crippen molar-refractivity contribution in [1.29, 1.82) is 0 Å². The molecule has 0 saturated carbocycles. The zero-order valence-electron chi connectivity index (χ0n) is 14.9. The minimum atomic E-state index is -0.828. The van der Waals surface area contributed by atoms with E-state index in [0.29, 0.717) is 18.9 Å². The largest absolute Gasteiger partial charge is 0.349 e. The molecule has 1 heterocycles. The van der Waals surface area contributed by atoms with Crippen molar-refractivity contribution in [3.8, 4) is 0 Å². The molecule has 0 N–H and O–H groups in total. The average molecular weight is 352 g/mol. The molecule has 1 aliphatic rings. The molecule has 1 aliphatic heterocycles. The molecule has 6 heteroatoms. The molecule has 0 spiro atoms. The summed E-state index contributed by atoms with van der Waals surface area (Å²) in [6.45, 7) is 1.41. The monoisotopic (exact) mass is 352 g/mol. The van der Waals surface area contributed by atoms with Crippen LogP contribution >= 0.6 is 0 Å². The van der Waals surface area contributed by atoms with E-state index in [0.717, 1.165) is 37.4 Å². The number of hydrogen-bond donors (Lipinski definition) is 0. The Bertz CT molecular complexity index is 619. The highest BCUT2D eigenvalue weighted by Crippen LogP contribution is 2.23. The third-order valence-corrected chi connectivity index (χ3v) is 4.75. The van der Waals surface area contributed by atoms with Crippen LogP contribution in [0.3, 0.4) is 0 Å². The van der Waals surface area contributed by atoms with E-state index in [1.165, 1.54) is 11.0 Å². The quantitative estimate of drug-likeness (QED) is 0.790. The molecule has 0 bridgehead atoms. The number of nitrogens with zero attached hydrogens (tertiary/aromatic N) is 2. The summed E-state index contributed by atoms with van der Waals surface area (Å²) in [5, 5.41) is 0. The van der Waals surface area contributed by atoms with E-state index in [4.69, 9.17) is 0 Å². The Labute approximate surface area is 147 Å². The van der Waals surface area contributed by atoms with E-state index >= 15 is 0 Å². The van der Waals surface area contributed by atoms with Gasteiger partial charge in [0.25, 0.3) is 0 Å². The molecular formula is C19H26F2N2O2. The highest BCUT2D eigenvalue weighted by molar-refractivity contribution is 5.83. The van der Waals surface area contributed by atoms with E-state index in [1.807, 2.05) is 4.90 Å². The third kappa shape index (κ3) is 5.80. The minimum Gasteiger partial charge on any atom is -0.349 e. The van der Waals surface area contributed by atoms with Gasteiger partial charge in [0.15, 0.2) is 11.6 Å². The summed E-state index contributed by atoms with van der Waals surface area (Å²) in [4.78, 5) is 27.2. The molecule has 2 amide bonds. The van der Waals surface area contributed by atoms with Crippen LogP contribution in [0.1, 0.15) is 37.7 Å². The topological polar surface area (TPSA) is 40.6 Å². The van der Waals surface area contributed by atoms with Crippen molar-refractivity contribution in [2.75, 3.05) is 27.2 Å². The SMILES string of the molecule is CN(C)C(=O)CCC(=O)N1CCCC(CCc2ccc(F)c(F)c2)C1. The van der Waals surface area contributed by atoms with Gasteiger partial charge in [-0.15, -0.1) is 0 Å². The van der Waals surface area contributed by atoms with Gasteiger partial charge < -0.3 is 9.80 Å². The maximum atomic E-state index is 13.3.